The number of aliphatic hydroxyl groups is 4. The molecule has 0 aliphatic carbocycles. The number of cyclic esters (lactones) is 1. The van der Waals surface area contributed by atoms with E-state index in [-0.39, 0.29) is 12.8 Å². The zero-order valence-electron chi connectivity index (χ0n) is 13.2. The molecule has 2 fully saturated rings. The van der Waals surface area contributed by atoms with Crippen LogP contribution in [0.1, 0.15) is 39.5 Å². The van der Waals surface area contributed by atoms with Crippen LogP contribution < -0.4 is 0 Å². The average molecular weight is 348 g/mol. The Morgan fingerprint density at radius 1 is 1.17 bits per heavy atom. The van der Waals surface area contributed by atoms with Gasteiger partial charge in [-0.1, -0.05) is 20.3 Å². The van der Waals surface area contributed by atoms with E-state index in [0.29, 0.717) is 6.42 Å². The molecule has 0 spiro atoms. The molecule has 2 aliphatic heterocycles. The second-order valence-corrected chi connectivity index (χ2v) is 5.94. The molecular formula is C14H20O10. The zero-order valence-corrected chi connectivity index (χ0v) is 13.2. The SMILES string of the molecule is CCCC1OC(=O)CC2(O)C(=O)OC1(C(O)(O)O)OC(=O)C2CC. The molecule has 4 N–H and O–H groups in total. The van der Waals surface area contributed by atoms with Crippen molar-refractivity contribution in [2.24, 2.45) is 5.92 Å². The van der Waals surface area contributed by atoms with Crippen molar-refractivity contribution in [2.45, 2.75) is 63.0 Å². The summed E-state index contributed by atoms with van der Waals surface area (Å²) in [5, 5.41) is 39.7. The topological polar surface area (TPSA) is 160 Å². The van der Waals surface area contributed by atoms with Gasteiger partial charge in [0.05, 0.1) is 12.3 Å². The molecule has 0 aromatic heterocycles. The standard InChI is InChI=1S/C14H20O10/c1-3-5-8-13(14(19,20)21)23-10(16)7(4-2)12(18,11(17)24-13)6-9(15)22-8/h7-8,18-21H,3-6H2,1-2H3. The van der Waals surface area contributed by atoms with E-state index in [4.69, 9.17) is 14.2 Å². The van der Waals surface area contributed by atoms with Gasteiger partial charge in [-0.15, -0.1) is 0 Å². The summed E-state index contributed by atoms with van der Waals surface area (Å²) >= 11 is 0. The third-order valence-electron chi connectivity index (χ3n) is 4.25. The van der Waals surface area contributed by atoms with Crippen molar-refractivity contribution < 1.29 is 49.0 Å². The number of carbonyl (C=O) groups is 3. The minimum absolute atomic E-state index is 0.110. The monoisotopic (exact) mass is 348 g/mol. The van der Waals surface area contributed by atoms with E-state index in [1.165, 1.54) is 6.92 Å². The van der Waals surface area contributed by atoms with Crippen LogP contribution >= 0.6 is 0 Å². The quantitative estimate of drug-likeness (QED) is 0.340. The van der Waals surface area contributed by atoms with Crippen molar-refractivity contribution in [3.8, 4) is 0 Å². The molecule has 2 heterocycles. The number of carbonyl (C=O) groups excluding carboxylic acids is 3. The minimum Gasteiger partial charge on any atom is -0.454 e. The first kappa shape index (κ1) is 18.6. The lowest BCUT2D eigenvalue weighted by Crippen LogP contribution is -2.67. The molecule has 2 rings (SSSR count). The molecule has 24 heavy (non-hydrogen) atoms. The van der Waals surface area contributed by atoms with E-state index < -0.39 is 53.7 Å². The van der Waals surface area contributed by atoms with Gasteiger partial charge in [-0.2, -0.15) is 0 Å². The predicted molar refractivity (Wildman–Crippen MR) is 72.4 cm³/mol. The zero-order chi connectivity index (χ0) is 18.3. The van der Waals surface area contributed by atoms with E-state index >= 15 is 0 Å². The number of fused-ring (bicyclic) bond motifs is 3. The summed E-state index contributed by atoms with van der Waals surface area (Å²) in [5.41, 5.74) is -2.60. The van der Waals surface area contributed by atoms with Crippen molar-refractivity contribution in [2.75, 3.05) is 0 Å². The van der Waals surface area contributed by atoms with E-state index in [0.717, 1.165) is 0 Å². The molecule has 136 valence electrons. The first-order valence-electron chi connectivity index (χ1n) is 7.57. The smallest absolute Gasteiger partial charge is 0.376 e. The maximum atomic E-state index is 12.4. The van der Waals surface area contributed by atoms with Gasteiger partial charge in [0.25, 0.3) is 0 Å². The summed E-state index contributed by atoms with van der Waals surface area (Å²) in [6.07, 6.45) is -2.48. The maximum absolute atomic E-state index is 12.4. The van der Waals surface area contributed by atoms with Gasteiger partial charge in [0.2, 0.25) is 0 Å². The molecule has 10 heteroatoms. The Morgan fingerprint density at radius 2 is 1.79 bits per heavy atom. The van der Waals surface area contributed by atoms with Crippen LogP contribution in [0.15, 0.2) is 0 Å². The maximum Gasteiger partial charge on any atom is 0.376 e. The van der Waals surface area contributed by atoms with Crippen LogP contribution in [0, 0.1) is 5.92 Å². The van der Waals surface area contributed by atoms with Gasteiger partial charge in [0, 0.05) is 0 Å². The molecule has 0 aromatic carbocycles. The van der Waals surface area contributed by atoms with E-state index in [2.05, 4.69) is 0 Å². The Hall–Kier alpha value is -1.75. The fourth-order valence-corrected chi connectivity index (χ4v) is 3.00. The lowest BCUT2D eigenvalue weighted by molar-refractivity contribution is -0.461. The lowest BCUT2D eigenvalue weighted by atomic mass is 9.82. The van der Waals surface area contributed by atoms with Gasteiger partial charge < -0.3 is 34.6 Å². The molecule has 4 atom stereocenters. The van der Waals surface area contributed by atoms with Crippen LogP contribution in [-0.2, 0) is 28.6 Å². The van der Waals surface area contributed by atoms with Crippen LogP contribution in [0.5, 0.6) is 0 Å². The predicted octanol–water partition coefficient (Wildman–Crippen LogP) is -1.71. The molecule has 10 nitrogen and oxygen atoms in total. The van der Waals surface area contributed by atoms with Gasteiger partial charge >= 0.3 is 29.7 Å². The number of hydrogen-bond donors (Lipinski definition) is 4. The van der Waals surface area contributed by atoms with Gasteiger partial charge in [-0.05, 0) is 12.8 Å². The first-order chi connectivity index (χ1) is 11.0. The molecule has 0 amide bonds. The van der Waals surface area contributed by atoms with Crippen LogP contribution in [0.2, 0.25) is 0 Å². The van der Waals surface area contributed by atoms with Crippen molar-refractivity contribution in [3.05, 3.63) is 0 Å². The first-order valence-corrected chi connectivity index (χ1v) is 7.57. The summed E-state index contributed by atoms with van der Waals surface area (Å²) in [4.78, 5) is 36.8. The highest BCUT2D eigenvalue weighted by Crippen LogP contribution is 2.43. The van der Waals surface area contributed by atoms with Crippen LogP contribution in [-0.4, -0.2) is 61.8 Å². The number of esters is 3. The Bertz CT molecular complexity index is 552. The highest BCUT2D eigenvalue weighted by molar-refractivity contribution is 5.93. The molecule has 2 saturated heterocycles. The summed E-state index contributed by atoms with van der Waals surface area (Å²) in [5.74, 6) is -12.3. The Balaban J connectivity index is 2.70. The van der Waals surface area contributed by atoms with Gasteiger partial charge in [-0.25, -0.2) is 4.79 Å². The second-order valence-electron chi connectivity index (χ2n) is 5.94. The normalized spacial score (nSPS) is 37.0. The van der Waals surface area contributed by atoms with Crippen LogP contribution in [0.25, 0.3) is 0 Å². The molecule has 4 unspecified atom stereocenters. The summed E-state index contributed by atoms with van der Waals surface area (Å²) in [6, 6.07) is 0. The highest BCUT2D eigenvalue weighted by Gasteiger charge is 2.70. The van der Waals surface area contributed by atoms with Crippen molar-refractivity contribution in [1.29, 1.82) is 0 Å². The molecule has 2 bridgehead atoms. The average Bonchev–Trinajstić information content (AvgIpc) is 2.49. The summed E-state index contributed by atoms with van der Waals surface area (Å²) in [7, 11) is 0. The lowest BCUT2D eigenvalue weighted by Gasteiger charge is -2.42. The fraction of sp³-hybridized carbons (Fsp3) is 0.786. The number of rotatable bonds is 4. The Morgan fingerprint density at radius 3 is 2.29 bits per heavy atom. The van der Waals surface area contributed by atoms with E-state index in [9.17, 15) is 34.8 Å². The second kappa shape index (κ2) is 5.96. The molecule has 0 radical (unpaired) electrons. The molecular weight excluding hydrogens is 328 g/mol. The third kappa shape index (κ3) is 2.65. The Kier molecular flexibility index (Phi) is 4.61. The minimum atomic E-state index is -3.86. The van der Waals surface area contributed by atoms with Gasteiger partial charge in [0.1, 0.15) is 0 Å². The highest BCUT2D eigenvalue weighted by atomic mass is 16.8. The van der Waals surface area contributed by atoms with Gasteiger partial charge in [-0.3, -0.25) is 9.59 Å². The summed E-state index contributed by atoms with van der Waals surface area (Å²) in [6.45, 7) is 3.09. The largest absolute Gasteiger partial charge is 0.454 e. The van der Waals surface area contributed by atoms with Crippen molar-refractivity contribution in [1.82, 2.24) is 0 Å². The number of ether oxygens (including phenoxy) is 3. The van der Waals surface area contributed by atoms with E-state index in [1.807, 2.05) is 0 Å². The van der Waals surface area contributed by atoms with E-state index in [1.54, 1.807) is 6.92 Å². The summed E-state index contributed by atoms with van der Waals surface area (Å²) < 4.78 is 14.7. The third-order valence-corrected chi connectivity index (χ3v) is 4.25. The molecule has 2 aliphatic rings. The molecule has 0 aromatic rings. The van der Waals surface area contributed by atoms with Gasteiger partial charge in [0.15, 0.2) is 11.7 Å². The molecule has 0 saturated carbocycles. The van der Waals surface area contributed by atoms with Crippen LogP contribution in [0.4, 0.5) is 0 Å². The Labute approximate surface area is 136 Å². The van der Waals surface area contributed by atoms with Crippen molar-refractivity contribution >= 4 is 17.9 Å². The van der Waals surface area contributed by atoms with Crippen molar-refractivity contribution in [3.63, 3.8) is 0 Å². The number of hydrogen-bond acceptors (Lipinski definition) is 10. The van der Waals surface area contributed by atoms with Crippen LogP contribution in [0.3, 0.4) is 0 Å². The fourth-order valence-electron chi connectivity index (χ4n) is 3.00.